The molecular weight excluding hydrogens is 142 g/mol. The standard InChI is InChI=1S/C8H13NO2/c1-5-6(2)7(9-3)8(10)11-4/h6-7H,5H2,1-2,4H3/t6-,7-/m0/s1. The fourth-order valence-corrected chi connectivity index (χ4v) is 0.756. The van der Waals surface area contributed by atoms with Gasteiger partial charge < -0.3 is 9.58 Å². The summed E-state index contributed by atoms with van der Waals surface area (Å²) < 4.78 is 4.47. The van der Waals surface area contributed by atoms with Crippen LogP contribution in [-0.4, -0.2) is 19.1 Å². The van der Waals surface area contributed by atoms with Crippen LogP contribution >= 0.6 is 0 Å². The molecule has 62 valence electrons. The second-order valence-electron chi connectivity index (χ2n) is 2.48. The Bertz CT molecular complexity index is 171. The minimum atomic E-state index is -0.620. The summed E-state index contributed by atoms with van der Waals surface area (Å²) in [4.78, 5) is 14.1. The average Bonchev–Trinajstić information content (AvgIpc) is 2.05. The summed E-state index contributed by atoms with van der Waals surface area (Å²) in [7, 11) is 1.31. The van der Waals surface area contributed by atoms with E-state index >= 15 is 0 Å². The number of rotatable bonds is 3. The van der Waals surface area contributed by atoms with Gasteiger partial charge in [0.2, 0.25) is 0 Å². The molecule has 0 fully saturated rings. The van der Waals surface area contributed by atoms with Crippen molar-refractivity contribution in [3.05, 3.63) is 11.4 Å². The van der Waals surface area contributed by atoms with Crippen LogP contribution < -0.4 is 0 Å². The highest BCUT2D eigenvalue weighted by molar-refractivity contribution is 5.77. The molecule has 0 unspecified atom stereocenters. The molecule has 0 aliphatic carbocycles. The van der Waals surface area contributed by atoms with Gasteiger partial charge in [0.15, 0.2) is 0 Å². The molecule has 0 aliphatic rings. The van der Waals surface area contributed by atoms with Gasteiger partial charge in [-0.15, -0.1) is 0 Å². The number of nitrogens with zero attached hydrogens (tertiary/aromatic N) is 1. The Morgan fingerprint density at radius 2 is 2.27 bits per heavy atom. The summed E-state index contributed by atoms with van der Waals surface area (Å²) in [6.07, 6.45) is 0.822. The Labute approximate surface area is 67.2 Å². The minimum Gasteiger partial charge on any atom is -0.463 e. The first kappa shape index (κ1) is 9.96. The maximum atomic E-state index is 10.9. The second-order valence-corrected chi connectivity index (χ2v) is 2.48. The van der Waals surface area contributed by atoms with E-state index in [1.165, 1.54) is 7.11 Å². The third-order valence-electron chi connectivity index (χ3n) is 1.76. The van der Waals surface area contributed by atoms with Crippen molar-refractivity contribution in [3.63, 3.8) is 0 Å². The lowest BCUT2D eigenvalue weighted by atomic mass is 10.0. The number of hydrogen-bond donors (Lipinski definition) is 0. The first-order valence-electron chi connectivity index (χ1n) is 3.61. The van der Waals surface area contributed by atoms with Gasteiger partial charge in [-0.05, 0) is 6.42 Å². The zero-order valence-electron chi connectivity index (χ0n) is 7.13. The van der Waals surface area contributed by atoms with Crippen LogP contribution in [0.3, 0.4) is 0 Å². The molecule has 0 spiro atoms. The van der Waals surface area contributed by atoms with E-state index in [1.807, 2.05) is 13.8 Å². The highest BCUT2D eigenvalue weighted by atomic mass is 16.5. The van der Waals surface area contributed by atoms with E-state index in [2.05, 4.69) is 9.58 Å². The van der Waals surface area contributed by atoms with Crippen molar-refractivity contribution in [2.75, 3.05) is 7.11 Å². The molecule has 0 heterocycles. The molecule has 11 heavy (non-hydrogen) atoms. The Balaban J connectivity index is 4.18. The van der Waals surface area contributed by atoms with E-state index in [9.17, 15) is 4.79 Å². The van der Waals surface area contributed by atoms with Crippen LogP contribution in [0.4, 0.5) is 0 Å². The molecule has 3 nitrogen and oxygen atoms in total. The van der Waals surface area contributed by atoms with Crippen molar-refractivity contribution in [2.24, 2.45) is 5.92 Å². The summed E-state index contributed by atoms with van der Waals surface area (Å²) in [5.74, 6) is -0.339. The smallest absolute Gasteiger partial charge is 0.390 e. The highest BCUT2D eigenvalue weighted by Crippen LogP contribution is 2.12. The van der Waals surface area contributed by atoms with Crippen LogP contribution in [0.15, 0.2) is 0 Å². The molecule has 0 radical (unpaired) electrons. The molecule has 3 heteroatoms. The Morgan fingerprint density at radius 1 is 1.73 bits per heavy atom. The van der Waals surface area contributed by atoms with Gasteiger partial charge in [0, 0.05) is 5.92 Å². The van der Waals surface area contributed by atoms with Gasteiger partial charge in [-0.1, -0.05) is 13.8 Å². The van der Waals surface area contributed by atoms with Crippen LogP contribution in [0.5, 0.6) is 0 Å². The van der Waals surface area contributed by atoms with Gasteiger partial charge in [-0.2, -0.15) is 0 Å². The zero-order chi connectivity index (χ0) is 8.85. The van der Waals surface area contributed by atoms with Crippen molar-refractivity contribution in [2.45, 2.75) is 26.3 Å². The highest BCUT2D eigenvalue weighted by Gasteiger charge is 2.29. The van der Waals surface area contributed by atoms with Gasteiger partial charge in [-0.3, -0.25) is 0 Å². The van der Waals surface area contributed by atoms with Gasteiger partial charge in [-0.25, -0.2) is 11.4 Å². The normalized spacial score (nSPS) is 14.7. The molecule has 0 aromatic rings. The van der Waals surface area contributed by atoms with E-state index in [4.69, 9.17) is 6.57 Å². The molecule has 0 aromatic carbocycles. The Kier molecular flexibility index (Phi) is 4.28. The molecule has 0 saturated heterocycles. The number of hydrogen-bond acceptors (Lipinski definition) is 2. The first-order valence-corrected chi connectivity index (χ1v) is 3.61. The SMILES string of the molecule is [C-]#[N+][C@H](C(=O)OC)[C@@H](C)CC. The Hall–Kier alpha value is -1.04. The molecule has 2 atom stereocenters. The summed E-state index contributed by atoms with van der Waals surface area (Å²) in [6.45, 7) is 10.6. The lowest BCUT2D eigenvalue weighted by molar-refractivity contribution is -0.142. The molecule has 0 amide bonds. The monoisotopic (exact) mass is 155 g/mol. The molecule has 0 bridgehead atoms. The number of carbonyl (C=O) groups is 1. The lowest BCUT2D eigenvalue weighted by Crippen LogP contribution is -2.25. The quantitative estimate of drug-likeness (QED) is 0.456. The fourth-order valence-electron chi connectivity index (χ4n) is 0.756. The molecule has 0 saturated carbocycles. The maximum absolute atomic E-state index is 10.9. The summed E-state index contributed by atoms with van der Waals surface area (Å²) in [5, 5.41) is 0. The van der Waals surface area contributed by atoms with E-state index in [0.29, 0.717) is 0 Å². The summed E-state index contributed by atoms with van der Waals surface area (Å²) >= 11 is 0. The molecule has 0 aliphatic heterocycles. The van der Waals surface area contributed by atoms with E-state index < -0.39 is 12.0 Å². The van der Waals surface area contributed by atoms with Crippen LogP contribution in [0, 0.1) is 12.5 Å². The number of methoxy groups -OCH3 is 1. The average molecular weight is 155 g/mol. The minimum absolute atomic E-state index is 0.0833. The van der Waals surface area contributed by atoms with Crippen molar-refractivity contribution in [1.29, 1.82) is 0 Å². The molecule has 0 aromatic heterocycles. The van der Waals surface area contributed by atoms with Crippen molar-refractivity contribution in [3.8, 4) is 0 Å². The van der Waals surface area contributed by atoms with Crippen molar-refractivity contribution < 1.29 is 9.53 Å². The van der Waals surface area contributed by atoms with E-state index in [-0.39, 0.29) is 5.92 Å². The predicted octanol–water partition coefficient (Wildman–Crippen LogP) is 1.49. The second kappa shape index (κ2) is 4.73. The summed E-state index contributed by atoms with van der Waals surface area (Å²) in [6, 6.07) is -0.620. The number of esters is 1. The van der Waals surface area contributed by atoms with Crippen LogP contribution in [0.2, 0.25) is 0 Å². The molecule has 0 N–H and O–H groups in total. The fraction of sp³-hybridized carbons (Fsp3) is 0.750. The predicted molar refractivity (Wildman–Crippen MR) is 41.9 cm³/mol. The molecule has 0 rings (SSSR count). The van der Waals surface area contributed by atoms with Gasteiger partial charge >= 0.3 is 12.0 Å². The van der Waals surface area contributed by atoms with E-state index in [0.717, 1.165) is 6.42 Å². The summed E-state index contributed by atoms with van der Waals surface area (Å²) in [5.41, 5.74) is 0. The van der Waals surface area contributed by atoms with Crippen molar-refractivity contribution >= 4 is 5.97 Å². The molecular formula is C8H13NO2. The van der Waals surface area contributed by atoms with Gasteiger partial charge in [0.1, 0.15) is 0 Å². The van der Waals surface area contributed by atoms with E-state index in [1.54, 1.807) is 0 Å². The third kappa shape index (κ3) is 2.58. The first-order chi connectivity index (χ1) is 5.17. The topological polar surface area (TPSA) is 30.7 Å². The zero-order valence-corrected chi connectivity index (χ0v) is 7.13. The van der Waals surface area contributed by atoms with Crippen LogP contribution in [-0.2, 0) is 9.53 Å². The number of ether oxygens (including phenoxy) is 1. The maximum Gasteiger partial charge on any atom is 0.390 e. The van der Waals surface area contributed by atoms with Gasteiger partial charge in [0.05, 0.1) is 7.11 Å². The van der Waals surface area contributed by atoms with Gasteiger partial charge in [0.25, 0.3) is 0 Å². The Morgan fingerprint density at radius 3 is 2.55 bits per heavy atom. The largest absolute Gasteiger partial charge is 0.463 e. The van der Waals surface area contributed by atoms with Crippen LogP contribution in [0.25, 0.3) is 4.85 Å². The van der Waals surface area contributed by atoms with Crippen molar-refractivity contribution in [1.82, 2.24) is 0 Å². The lowest BCUT2D eigenvalue weighted by Gasteiger charge is -2.08. The van der Waals surface area contributed by atoms with Crippen LogP contribution in [0.1, 0.15) is 20.3 Å². The number of carbonyl (C=O) groups excluding carboxylic acids is 1. The third-order valence-corrected chi connectivity index (χ3v) is 1.76.